The summed E-state index contributed by atoms with van der Waals surface area (Å²) in [4.78, 5) is 26.7. The van der Waals surface area contributed by atoms with Crippen LogP contribution in [0.2, 0.25) is 5.02 Å². The summed E-state index contributed by atoms with van der Waals surface area (Å²) in [5.41, 5.74) is 2.61. The molecule has 2 rings (SSSR count). The van der Waals surface area contributed by atoms with Crippen molar-refractivity contribution in [2.75, 3.05) is 24.2 Å². The van der Waals surface area contributed by atoms with Gasteiger partial charge in [0.2, 0.25) is 11.8 Å². The number of benzene rings is 2. The second-order valence-corrected chi connectivity index (χ2v) is 7.47. The first-order valence-electron chi connectivity index (χ1n) is 9.47. The maximum absolute atomic E-state index is 12.7. The fraction of sp³-hybridized carbons (Fsp3) is 0.364. The molecule has 0 radical (unpaired) electrons. The van der Waals surface area contributed by atoms with E-state index in [9.17, 15) is 9.59 Å². The van der Waals surface area contributed by atoms with Gasteiger partial charge in [0, 0.05) is 16.4 Å². The Balaban J connectivity index is 1.95. The summed E-state index contributed by atoms with van der Waals surface area (Å²) in [6.07, 6.45) is 0.993. The molecule has 0 unspecified atom stereocenters. The van der Waals surface area contributed by atoms with E-state index >= 15 is 0 Å². The summed E-state index contributed by atoms with van der Waals surface area (Å²) in [7, 11) is 1.76. The van der Waals surface area contributed by atoms with E-state index in [1.54, 1.807) is 43.1 Å². The van der Waals surface area contributed by atoms with Crippen molar-refractivity contribution < 1.29 is 9.59 Å². The van der Waals surface area contributed by atoms with Crippen molar-refractivity contribution >= 4 is 34.8 Å². The highest BCUT2D eigenvalue weighted by Gasteiger charge is 2.21. The van der Waals surface area contributed by atoms with Crippen LogP contribution in [-0.2, 0) is 9.59 Å². The Bertz CT molecular complexity index is 808. The Morgan fingerprint density at radius 1 is 1.04 bits per heavy atom. The van der Waals surface area contributed by atoms with Gasteiger partial charge < -0.3 is 10.6 Å². The Hall–Kier alpha value is -2.37. The third-order valence-electron chi connectivity index (χ3n) is 4.92. The molecule has 6 heteroatoms. The highest BCUT2D eigenvalue weighted by atomic mass is 35.5. The van der Waals surface area contributed by atoms with Crippen LogP contribution in [0.5, 0.6) is 0 Å². The molecule has 0 aliphatic rings. The quantitative estimate of drug-likeness (QED) is 0.670. The van der Waals surface area contributed by atoms with E-state index in [0.29, 0.717) is 16.6 Å². The van der Waals surface area contributed by atoms with Gasteiger partial charge in [0.25, 0.3) is 0 Å². The highest BCUT2D eigenvalue weighted by molar-refractivity contribution is 6.30. The maximum atomic E-state index is 12.7. The van der Waals surface area contributed by atoms with E-state index in [4.69, 9.17) is 11.6 Å². The molecule has 0 fully saturated rings. The first kappa shape index (κ1) is 21.9. The van der Waals surface area contributed by atoms with Gasteiger partial charge in [-0.15, -0.1) is 0 Å². The molecular weight excluding hydrogens is 374 g/mol. The van der Waals surface area contributed by atoms with Crippen molar-refractivity contribution in [1.82, 2.24) is 4.90 Å². The maximum Gasteiger partial charge on any atom is 0.241 e. The largest absolute Gasteiger partial charge is 0.325 e. The molecule has 0 saturated heterocycles. The van der Waals surface area contributed by atoms with Gasteiger partial charge in [0.15, 0.2) is 0 Å². The first-order valence-corrected chi connectivity index (χ1v) is 9.85. The smallest absolute Gasteiger partial charge is 0.241 e. The number of rotatable bonds is 8. The molecule has 0 bridgehead atoms. The van der Waals surface area contributed by atoms with E-state index in [1.165, 1.54) is 0 Å². The zero-order valence-corrected chi connectivity index (χ0v) is 17.6. The lowest BCUT2D eigenvalue weighted by atomic mass is 9.97. The summed E-state index contributed by atoms with van der Waals surface area (Å²) in [6, 6.07) is 14.3. The highest BCUT2D eigenvalue weighted by Crippen LogP contribution is 2.26. The van der Waals surface area contributed by atoms with Gasteiger partial charge in [-0.1, -0.05) is 43.6 Å². The minimum atomic E-state index is -0.457. The second-order valence-electron chi connectivity index (χ2n) is 7.03. The van der Waals surface area contributed by atoms with E-state index in [-0.39, 0.29) is 18.4 Å². The Morgan fingerprint density at radius 3 is 2.32 bits per heavy atom. The molecule has 0 saturated carbocycles. The fourth-order valence-electron chi connectivity index (χ4n) is 2.80. The third-order valence-corrected chi connectivity index (χ3v) is 5.18. The molecule has 0 aliphatic carbocycles. The predicted molar refractivity (Wildman–Crippen MR) is 116 cm³/mol. The average molecular weight is 402 g/mol. The zero-order chi connectivity index (χ0) is 20.7. The van der Waals surface area contributed by atoms with Crippen LogP contribution in [0.25, 0.3) is 0 Å². The van der Waals surface area contributed by atoms with Gasteiger partial charge in [0.1, 0.15) is 0 Å². The third kappa shape index (κ3) is 6.08. The summed E-state index contributed by atoms with van der Waals surface area (Å²) < 4.78 is 0. The number of amides is 2. The summed E-state index contributed by atoms with van der Waals surface area (Å²) in [5, 5.41) is 6.42. The topological polar surface area (TPSA) is 61.4 Å². The first-order chi connectivity index (χ1) is 13.3. The zero-order valence-electron chi connectivity index (χ0n) is 16.8. The number of hydrogen-bond donors (Lipinski definition) is 2. The number of halogens is 1. The lowest BCUT2D eigenvalue weighted by Crippen LogP contribution is -2.43. The predicted octanol–water partition coefficient (Wildman–Crippen LogP) is 4.75. The molecule has 0 spiro atoms. The molecule has 0 heterocycles. The number of carbonyl (C=O) groups is 2. The number of likely N-dealkylation sites (N-methyl/N-ethyl adjacent to an activating group) is 1. The van der Waals surface area contributed by atoms with E-state index in [1.807, 2.05) is 24.3 Å². The van der Waals surface area contributed by atoms with Crippen molar-refractivity contribution in [3.63, 3.8) is 0 Å². The number of para-hydroxylation sites is 1. The number of carbonyl (C=O) groups excluding carboxylic acids is 2. The summed E-state index contributed by atoms with van der Waals surface area (Å²) >= 11 is 5.85. The number of nitrogens with zero attached hydrogens (tertiary/aromatic N) is 1. The van der Waals surface area contributed by atoms with Crippen LogP contribution in [0.1, 0.15) is 38.7 Å². The van der Waals surface area contributed by atoms with Crippen LogP contribution < -0.4 is 10.6 Å². The Kier molecular flexibility index (Phi) is 8.03. The Labute approximate surface area is 172 Å². The minimum absolute atomic E-state index is 0.101. The van der Waals surface area contributed by atoms with Crippen LogP contribution in [0, 0.1) is 0 Å². The molecule has 2 N–H and O–H groups in total. The van der Waals surface area contributed by atoms with Crippen LogP contribution in [-0.4, -0.2) is 36.3 Å². The van der Waals surface area contributed by atoms with Crippen LogP contribution in [0.15, 0.2) is 48.5 Å². The molecule has 150 valence electrons. The molecular formula is C22H28ClN3O2. The van der Waals surface area contributed by atoms with Gasteiger partial charge in [-0.2, -0.15) is 0 Å². The number of anilines is 2. The Morgan fingerprint density at radius 2 is 1.68 bits per heavy atom. The number of nitrogens with one attached hydrogen (secondary N) is 2. The second kappa shape index (κ2) is 10.2. The van der Waals surface area contributed by atoms with E-state index in [0.717, 1.165) is 17.7 Å². The van der Waals surface area contributed by atoms with E-state index < -0.39 is 6.04 Å². The molecule has 5 nitrogen and oxygen atoms in total. The molecule has 28 heavy (non-hydrogen) atoms. The monoisotopic (exact) mass is 401 g/mol. The molecule has 2 aromatic carbocycles. The normalized spacial score (nSPS) is 13.1. The lowest BCUT2D eigenvalue weighted by Gasteiger charge is -2.24. The summed E-state index contributed by atoms with van der Waals surface area (Å²) in [5.74, 6) is 0.0247. The average Bonchev–Trinajstić information content (AvgIpc) is 2.68. The van der Waals surface area contributed by atoms with Gasteiger partial charge in [0.05, 0.1) is 12.6 Å². The molecule has 2 amide bonds. The standard InChI is InChI=1S/C22H28ClN3O2/c1-5-15(2)19-8-6-7-9-20(19)25-22(28)16(3)26(4)14-21(27)24-18-12-10-17(23)11-13-18/h6-13,15-16H,5,14H2,1-4H3,(H,24,27)(H,25,28)/t15-,16+/m0/s1. The summed E-state index contributed by atoms with van der Waals surface area (Å²) in [6.45, 7) is 6.15. The van der Waals surface area contributed by atoms with Gasteiger partial charge in [-0.05, 0) is 62.2 Å². The SMILES string of the molecule is CC[C@H](C)c1ccccc1NC(=O)[C@@H](C)N(C)CC(=O)Nc1ccc(Cl)cc1. The van der Waals surface area contributed by atoms with E-state index in [2.05, 4.69) is 24.5 Å². The minimum Gasteiger partial charge on any atom is -0.325 e. The molecule has 2 aromatic rings. The van der Waals surface area contributed by atoms with Crippen molar-refractivity contribution in [2.45, 2.75) is 39.2 Å². The van der Waals surface area contributed by atoms with Gasteiger partial charge in [-0.3, -0.25) is 14.5 Å². The van der Waals surface area contributed by atoms with Crippen LogP contribution in [0.4, 0.5) is 11.4 Å². The van der Waals surface area contributed by atoms with Crippen molar-refractivity contribution in [3.8, 4) is 0 Å². The van der Waals surface area contributed by atoms with Crippen LogP contribution in [0.3, 0.4) is 0 Å². The number of hydrogen-bond acceptors (Lipinski definition) is 3. The molecule has 0 aliphatic heterocycles. The van der Waals surface area contributed by atoms with Crippen molar-refractivity contribution in [1.29, 1.82) is 0 Å². The van der Waals surface area contributed by atoms with Gasteiger partial charge in [-0.25, -0.2) is 0 Å². The van der Waals surface area contributed by atoms with Gasteiger partial charge >= 0.3 is 0 Å². The fourth-order valence-corrected chi connectivity index (χ4v) is 2.92. The lowest BCUT2D eigenvalue weighted by molar-refractivity contribution is -0.122. The van der Waals surface area contributed by atoms with Crippen molar-refractivity contribution in [2.24, 2.45) is 0 Å². The molecule has 2 atom stereocenters. The molecule has 0 aromatic heterocycles. The van der Waals surface area contributed by atoms with Crippen molar-refractivity contribution in [3.05, 3.63) is 59.1 Å². The van der Waals surface area contributed by atoms with Crippen LogP contribution >= 0.6 is 11.6 Å².